The van der Waals surface area contributed by atoms with Gasteiger partial charge in [-0.15, -0.1) is 0 Å². The van der Waals surface area contributed by atoms with Crippen molar-refractivity contribution in [2.24, 2.45) is 5.92 Å². The van der Waals surface area contributed by atoms with Crippen LogP contribution in [0.25, 0.3) is 0 Å². The van der Waals surface area contributed by atoms with E-state index in [4.69, 9.17) is 9.47 Å². The fourth-order valence-electron chi connectivity index (χ4n) is 5.19. The van der Waals surface area contributed by atoms with E-state index in [1.54, 1.807) is 25.3 Å². The fourth-order valence-corrected chi connectivity index (χ4v) is 5.19. The maximum Gasteiger partial charge on any atom is 0.228 e. The monoisotopic (exact) mass is 471 g/mol. The maximum absolute atomic E-state index is 13.9. The first kappa shape index (κ1) is 22.9. The third kappa shape index (κ3) is 4.46. The Morgan fingerprint density at radius 2 is 1.77 bits per heavy atom. The average Bonchev–Trinajstić information content (AvgIpc) is 3.27. The van der Waals surface area contributed by atoms with Crippen LogP contribution in [-0.4, -0.2) is 53.9 Å². The number of benzene rings is 2. The van der Waals surface area contributed by atoms with Gasteiger partial charge in [0, 0.05) is 25.7 Å². The molecule has 0 spiro atoms. The molecule has 0 radical (unpaired) electrons. The van der Waals surface area contributed by atoms with Crippen LogP contribution in [0.4, 0.5) is 0 Å². The molecule has 7 heteroatoms. The van der Waals surface area contributed by atoms with Crippen LogP contribution in [-0.2, 0) is 22.6 Å². The summed E-state index contributed by atoms with van der Waals surface area (Å²) in [4.78, 5) is 34.7. The second-order valence-electron chi connectivity index (χ2n) is 9.00. The number of ether oxygens (including phenoxy) is 2. The molecule has 2 aliphatic heterocycles. The third-order valence-electron chi connectivity index (χ3n) is 6.91. The molecule has 1 saturated heterocycles. The minimum atomic E-state index is -0.376. The van der Waals surface area contributed by atoms with Gasteiger partial charge in [0.15, 0.2) is 11.5 Å². The van der Waals surface area contributed by atoms with E-state index in [1.807, 2.05) is 65.6 Å². The number of likely N-dealkylation sites (tertiary alicyclic amines) is 1. The summed E-state index contributed by atoms with van der Waals surface area (Å²) in [6, 6.07) is 19.4. The highest BCUT2D eigenvalue weighted by Gasteiger charge is 2.41. The van der Waals surface area contributed by atoms with Crippen LogP contribution in [0.3, 0.4) is 0 Å². The van der Waals surface area contributed by atoms with Crippen molar-refractivity contribution in [1.82, 2.24) is 14.8 Å². The second-order valence-corrected chi connectivity index (χ2v) is 9.00. The number of methoxy groups -OCH3 is 2. The van der Waals surface area contributed by atoms with E-state index in [0.29, 0.717) is 37.6 Å². The molecule has 0 bridgehead atoms. The van der Waals surface area contributed by atoms with Crippen LogP contribution < -0.4 is 9.47 Å². The Bertz CT molecular complexity index is 1220. The second kappa shape index (κ2) is 9.78. The number of carbonyl (C=O) groups is 2. The number of carbonyl (C=O) groups excluding carboxylic acids is 2. The molecule has 3 aromatic rings. The zero-order valence-electron chi connectivity index (χ0n) is 20.0. The number of aromatic nitrogens is 1. The largest absolute Gasteiger partial charge is 0.493 e. The van der Waals surface area contributed by atoms with E-state index in [0.717, 1.165) is 22.4 Å². The van der Waals surface area contributed by atoms with Gasteiger partial charge in [-0.3, -0.25) is 14.6 Å². The molecule has 2 unspecified atom stereocenters. The normalized spacial score (nSPS) is 19.4. The van der Waals surface area contributed by atoms with E-state index in [-0.39, 0.29) is 30.2 Å². The van der Waals surface area contributed by atoms with Gasteiger partial charge in [-0.05, 0) is 47.4 Å². The Kier molecular flexibility index (Phi) is 6.40. The molecule has 0 saturated carbocycles. The highest BCUT2D eigenvalue weighted by molar-refractivity contribution is 5.90. The van der Waals surface area contributed by atoms with Gasteiger partial charge in [-0.1, -0.05) is 36.4 Å². The highest BCUT2D eigenvalue weighted by atomic mass is 16.5. The lowest BCUT2D eigenvalue weighted by atomic mass is 9.86. The maximum atomic E-state index is 13.9. The molecule has 0 aliphatic carbocycles. The fraction of sp³-hybridized carbons (Fsp3) is 0.321. The number of pyridine rings is 1. The zero-order valence-corrected chi connectivity index (χ0v) is 20.0. The first-order valence-electron chi connectivity index (χ1n) is 11.9. The summed E-state index contributed by atoms with van der Waals surface area (Å²) < 4.78 is 11.1. The van der Waals surface area contributed by atoms with Crippen LogP contribution in [0.1, 0.15) is 34.8 Å². The van der Waals surface area contributed by atoms with Gasteiger partial charge < -0.3 is 19.3 Å². The minimum Gasteiger partial charge on any atom is -0.493 e. The molecule has 1 fully saturated rings. The summed E-state index contributed by atoms with van der Waals surface area (Å²) in [6.07, 6.45) is 2.66. The van der Waals surface area contributed by atoms with Gasteiger partial charge in [0.1, 0.15) is 0 Å². The van der Waals surface area contributed by atoms with Crippen molar-refractivity contribution in [2.45, 2.75) is 25.4 Å². The molecule has 2 aliphatic rings. The number of nitrogens with zero attached hydrogens (tertiary/aromatic N) is 3. The lowest BCUT2D eigenvalue weighted by Crippen LogP contribution is -2.44. The van der Waals surface area contributed by atoms with Crippen molar-refractivity contribution in [2.75, 3.05) is 27.3 Å². The summed E-state index contributed by atoms with van der Waals surface area (Å²) >= 11 is 0. The standard InChI is InChI=1S/C28H29N3O4/c1-34-24-14-20-11-13-31(27(19-8-4-3-5-9-19)23(20)16-25(24)35-2)28(33)21-15-26(32)30(17-21)18-22-10-6-7-12-29-22/h3-10,12,14,16,21,27H,11,13,15,17-18H2,1-2H3. The topological polar surface area (TPSA) is 72.0 Å². The summed E-state index contributed by atoms with van der Waals surface area (Å²) in [5, 5.41) is 0. The first-order valence-corrected chi connectivity index (χ1v) is 11.9. The number of rotatable bonds is 6. The van der Waals surface area contributed by atoms with Crippen molar-refractivity contribution >= 4 is 11.8 Å². The Morgan fingerprint density at radius 3 is 2.49 bits per heavy atom. The molecule has 2 amide bonds. The van der Waals surface area contributed by atoms with Crippen LogP contribution in [0.5, 0.6) is 11.5 Å². The molecule has 2 aromatic carbocycles. The Labute approximate surface area is 205 Å². The van der Waals surface area contributed by atoms with Gasteiger partial charge in [-0.2, -0.15) is 0 Å². The van der Waals surface area contributed by atoms with Crippen molar-refractivity contribution in [1.29, 1.82) is 0 Å². The lowest BCUT2D eigenvalue weighted by Gasteiger charge is -2.39. The van der Waals surface area contributed by atoms with E-state index >= 15 is 0 Å². The molecule has 3 heterocycles. The van der Waals surface area contributed by atoms with Crippen molar-refractivity contribution < 1.29 is 19.1 Å². The van der Waals surface area contributed by atoms with Crippen LogP contribution in [0.15, 0.2) is 66.9 Å². The van der Waals surface area contributed by atoms with Gasteiger partial charge in [0.2, 0.25) is 11.8 Å². The van der Waals surface area contributed by atoms with Crippen LogP contribution >= 0.6 is 0 Å². The molecule has 2 atom stereocenters. The van der Waals surface area contributed by atoms with Gasteiger partial charge >= 0.3 is 0 Å². The highest BCUT2D eigenvalue weighted by Crippen LogP contribution is 2.42. The molecule has 0 N–H and O–H groups in total. The third-order valence-corrected chi connectivity index (χ3v) is 6.91. The smallest absolute Gasteiger partial charge is 0.228 e. The SMILES string of the molecule is COc1cc2c(cc1OC)C(c1ccccc1)N(C(=O)C1CC(=O)N(Cc3ccccn3)C1)CC2. The summed E-state index contributed by atoms with van der Waals surface area (Å²) in [7, 11) is 3.25. The molecule has 5 rings (SSSR count). The average molecular weight is 472 g/mol. The molecule has 7 nitrogen and oxygen atoms in total. The summed E-state index contributed by atoms with van der Waals surface area (Å²) in [5.74, 6) is 0.952. The van der Waals surface area contributed by atoms with Crippen LogP contribution in [0.2, 0.25) is 0 Å². The zero-order chi connectivity index (χ0) is 24.4. The van der Waals surface area contributed by atoms with Gasteiger partial charge in [0.25, 0.3) is 0 Å². The van der Waals surface area contributed by atoms with E-state index < -0.39 is 0 Å². The van der Waals surface area contributed by atoms with E-state index in [2.05, 4.69) is 4.98 Å². The predicted molar refractivity (Wildman–Crippen MR) is 131 cm³/mol. The lowest BCUT2D eigenvalue weighted by molar-refractivity contribution is -0.137. The molecular weight excluding hydrogens is 442 g/mol. The minimum absolute atomic E-state index is 0.00548. The molecule has 35 heavy (non-hydrogen) atoms. The number of hydrogen-bond donors (Lipinski definition) is 0. The van der Waals surface area contributed by atoms with Crippen LogP contribution in [0, 0.1) is 5.92 Å². The van der Waals surface area contributed by atoms with Crippen molar-refractivity contribution in [3.8, 4) is 11.5 Å². The number of hydrogen-bond acceptors (Lipinski definition) is 5. The Morgan fingerprint density at radius 1 is 1.03 bits per heavy atom. The van der Waals surface area contributed by atoms with E-state index in [9.17, 15) is 9.59 Å². The Hall–Kier alpha value is -3.87. The summed E-state index contributed by atoms with van der Waals surface area (Å²) in [6.45, 7) is 1.41. The Balaban J connectivity index is 1.45. The molecular formula is C28H29N3O4. The molecule has 180 valence electrons. The van der Waals surface area contributed by atoms with Gasteiger partial charge in [-0.25, -0.2) is 0 Å². The van der Waals surface area contributed by atoms with Crippen molar-refractivity contribution in [3.63, 3.8) is 0 Å². The van der Waals surface area contributed by atoms with Crippen molar-refractivity contribution in [3.05, 3.63) is 89.2 Å². The summed E-state index contributed by atoms with van der Waals surface area (Å²) in [5.41, 5.74) is 4.02. The quantitative estimate of drug-likeness (QED) is 0.549. The first-order chi connectivity index (χ1) is 17.1. The number of fused-ring (bicyclic) bond motifs is 1. The number of amides is 2. The predicted octanol–water partition coefficient (Wildman–Crippen LogP) is 3.62. The molecule has 1 aromatic heterocycles. The van der Waals surface area contributed by atoms with Gasteiger partial charge in [0.05, 0.1) is 38.4 Å². The van der Waals surface area contributed by atoms with E-state index in [1.165, 1.54) is 0 Å².